The number of nitrogens with zero attached hydrogens (tertiary/aromatic N) is 4. The van der Waals surface area contributed by atoms with Crippen LogP contribution in [0.4, 0.5) is 0 Å². The van der Waals surface area contributed by atoms with Crippen LogP contribution in [0.3, 0.4) is 0 Å². The lowest BCUT2D eigenvalue weighted by Gasteiger charge is -2.20. The first-order valence-electron chi connectivity index (χ1n) is 21.8. The van der Waals surface area contributed by atoms with Crippen LogP contribution in [-0.4, -0.2) is 19.1 Å². The van der Waals surface area contributed by atoms with Crippen molar-refractivity contribution < 1.29 is 0 Å². The minimum absolute atomic E-state index is 0.904. The van der Waals surface area contributed by atoms with E-state index in [0.29, 0.717) is 0 Å². The molecule has 64 heavy (non-hydrogen) atoms. The lowest BCUT2D eigenvalue weighted by atomic mass is 9.84. The Kier molecular flexibility index (Phi) is 8.18. The van der Waals surface area contributed by atoms with Gasteiger partial charge in [0.15, 0.2) is 0 Å². The second-order valence-corrected chi connectivity index (χ2v) is 16.6. The number of rotatable bonds is 6. The molecule has 0 aliphatic carbocycles. The van der Waals surface area contributed by atoms with Gasteiger partial charge in [0, 0.05) is 22.5 Å². The highest BCUT2D eigenvalue weighted by atomic mass is 15.1. The van der Waals surface area contributed by atoms with E-state index < -0.39 is 0 Å². The van der Waals surface area contributed by atoms with Gasteiger partial charge in [-0.15, -0.1) is 0 Å². The van der Waals surface area contributed by atoms with Crippen molar-refractivity contribution in [2.24, 2.45) is 0 Å². The maximum atomic E-state index is 5.34. The highest BCUT2D eigenvalue weighted by Gasteiger charge is 2.23. The number of para-hydroxylation sites is 6. The first-order valence-corrected chi connectivity index (χ1v) is 21.8. The van der Waals surface area contributed by atoms with Crippen molar-refractivity contribution in [1.29, 1.82) is 0 Å². The number of imidazole rings is 2. The van der Waals surface area contributed by atoms with Gasteiger partial charge in [-0.05, 0) is 138 Å². The van der Waals surface area contributed by atoms with Crippen LogP contribution in [0.25, 0.3) is 122 Å². The molecule has 0 N–H and O–H groups in total. The summed E-state index contributed by atoms with van der Waals surface area (Å²) < 4.78 is 4.59. The van der Waals surface area contributed by atoms with E-state index in [1.807, 2.05) is 0 Å². The van der Waals surface area contributed by atoms with E-state index in [-0.39, 0.29) is 0 Å². The largest absolute Gasteiger partial charge is 0.292 e. The highest BCUT2D eigenvalue weighted by Crippen LogP contribution is 2.47. The lowest BCUT2D eigenvalue weighted by Crippen LogP contribution is -1.99. The van der Waals surface area contributed by atoms with Crippen LogP contribution in [0.5, 0.6) is 0 Å². The van der Waals surface area contributed by atoms with Crippen LogP contribution in [-0.2, 0) is 0 Å². The molecule has 0 saturated heterocycles. The van der Waals surface area contributed by atoms with E-state index in [1.54, 1.807) is 0 Å². The predicted molar refractivity (Wildman–Crippen MR) is 267 cm³/mol. The van der Waals surface area contributed by atoms with E-state index in [2.05, 4.69) is 240 Å². The Morgan fingerprint density at radius 1 is 0.266 bits per heavy atom. The van der Waals surface area contributed by atoms with Crippen LogP contribution < -0.4 is 0 Å². The van der Waals surface area contributed by atoms with E-state index >= 15 is 0 Å². The quantitative estimate of drug-likeness (QED) is 0.157. The van der Waals surface area contributed by atoms with Crippen LogP contribution >= 0.6 is 0 Å². The molecule has 0 unspecified atom stereocenters. The van der Waals surface area contributed by atoms with Gasteiger partial charge < -0.3 is 0 Å². The van der Waals surface area contributed by atoms with Crippen LogP contribution in [0, 0.1) is 0 Å². The average molecular weight is 815 g/mol. The zero-order valence-corrected chi connectivity index (χ0v) is 34.7. The smallest absolute Gasteiger partial charge is 0.145 e. The molecule has 2 heterocycles. The Morgan fingerprint density at radius 2 is 0.641 bits per heavy atom. The summed E-state index contributed by atoms with van der Waals surface area (Å²) in [6.07, 6.45) is 0. The summed E-state index contributed by atoms with van der Waals surface area (Å²) in [6.45, 7) is 0. The van der Waals surface area contributed by atoms with Gasteiger partial charge in [0.2, 0.25) is 0 Å². The highest BCUT2D eigenvalue weighted by molar-refractivity contribution is 6.23. The van der Waals surface area contributed by atoms with Crippen molar-refractivity contribution >= 4 is 65.2 Å². The van der Waals surface area contributed by atoms with Gasteiger partial charge in [0.05, 0.1) is 22.1 Å². The van der Waals surface area contributed by atoms with E-state index in [1.165, 1.54) is 54.2 Å². The van der Waals surface area contributed by atoms with Gasteiger partial charge >= 0.3 is 0 Å². The molecule has 0 fully saturated rings. The Labute approximate surface area is 369 Å². The first kappa shape index (κ1) is 36.1. The fourth-order valence-electron chi connectivity index (χ4n) is 9.93. The molecule has 4 heteroatoms. The third-order valence-electron chi connectivity index (χ3n) is 12.9. The zero-order chi connectivity index (χ0) is 42.1. The van der Waals surface area contributed by atoms with Gasteiger partial charge in [-0.1, -0.05) is 158 Å². The topological polar surface area (TPSA) is 35.6 Å². The summed E-state index contributed by atoms with van der Waals surface area (Å²) in [7, 11) is 0. The molecule has 0 bridgehead atoms. The maximum absolute atomic E-state index is 5.34. The molecule has 0 saturated carbocycles. The Balaban J connectivity index is 1.16. The van der Waals surface area contributed by atoms with Crippen LogP contribution in [0.15, 0.2) is 231 Å². The normalized spacial score (nSPS) is 11.8. The summed E-state index contributed by atoms with van der Waals surface area (Å²) >= 11 is 0. The van der Waals surface area contributed by atoms with Crippen molar-refractivity contribution in [3.05, 3.63) is 231 Å². The van der Waals surface area contributed by atoms with Gasteiger partial charge in [-0.25, -0.2) is 9.97 Å². The summed E-state index contributed by atoms with van der Waals surface area (Å²) in [6, 6.07) is 83.1. The SMILES string of the molecule is c1ccc(-n2c(-c3ccc4c(-c5ccc6ccccc6c5)c5cc(-c6nc7ccccc7n6-c6ccccc6)ccc5c(-c5ccc6ccccc6c5)c4c3)nc3ccccc32)cc1. The Bertz CT molecular complexity index is 3690. The third kappa shape index (κ3) is 5.77. The number of benzene rings is 11. The molecular weight excluding hydrogens is 777 g/mol. The lowest BCUT2D eigenvalue weighted by molar-refractivity contribution is 1.10. The number of hydrogen-bond acceptors (Lipinski definition) is 2. The minimum atomic E-state index is 0.904. The number of hydrogen-bond donors (Lipinski definition) is 0. The Morgan fingerprint density at radius 3 is 1.09 bits per heavy atom. The molecule has 298 valence electrons. The van der Waals surface area contributed by atoms with Crippen molar-refractivity contribution in [2.75, 3.05) is 0 Å². The predicted octanol–water partition coefficient (Wildman–Crippen LogP) is 15.6. The fourth-order valence-corrected chi connectivity index (χ4v) is 9.93. The number of fused-ring (bicyclic) bond motifs is 6. The van der Waals surface area contributed by atoms with Gasteiger partial charge in [-0.3, -0.25) is 9.13 Å². The standard InChI is InChI=1S/C60H38N4/c1-3-19-47(20-4-1)63-55-25-13-11-23-53(55)61-59(63)45-31-33-49-51(37-45)57(43-29-27-39-15-7-9-17-41(39)35-43)50-34-32-46(38-52(50)58(49)44-30-28-40-16-8-10-18-42(40)36-44)60-62-54-24-12-14-26-56(54)64(60)48-21-5-2-6-22-48/h1-38H. The van der Waals surface area contributed by atoms with E-state index in [0.717, 1.165) is 67.3 Å². The van der Waals surface area contributed by atoms with E-state index in [4.69, 9.17) is 9.97 Å². The summed E-state index contributed by atoms with van der Waals surface area (Å²) in [5.74, 6) is 1.81. The van der Waals surface area contributed by atoms with Crippen molar-refractivity contribution in [2.45, 2.75) is 0 Å². The Hall–Kier alpha value is -8.60. The molecule has 13 rings (SSSR count). The molecule has 0 atom stereocenters. The summed E-state index contributed by atoms with van der Waals surface area (Å²) in [5.41, 5.74) is 13.0. The van der Waals surface area contributed by atoms with E-state index in [9.17, 15) is 0 Å². The maximum Gasteiger partial charge on any atom is 0.145 e. The molecule has 0 aliphatic rings. The number of aromatic nitrogens is 4. The average Bonchev–Trinajstić information content (AvgIpc) is 3.95. The second kappa shape index (κ2) is 14.5. The van der Waals surface area contributed by atoms with Crippen LogP contribution in [0.2, 0.25) is 0 Å². The molecule has 0 amide bonds. The molecule has 11 aromatic carbocycles. The second-order valence-electron chi connectivity index (χ2n) is 16.6. The van der Waals surface area contributed by atoms with Gasteiger partial charge in [0.1, 0.15) is 11.6 Å². The summed E-state index contributed by atoms with van der Waals surface area (Å²) in [4.78, 5) is 10.7. The molecule has 2 aromatic heterocycles. The molecule has 13 aromatic rings. The van der Waals surface area contributed by atoms with Crippen molar-refractivity contribution in [3.63, 3.8) is 0 Å². The van der Waals surface area contributed by atoms with Crippen molar-refractivity contribution in [1.82, 2.24) is 19.1 Å². The monoisotopic (exact) mass is 814 g/mol. The fraction of sp³-hybridized carbons (Fsp3) is 0. The zero-order valence-electron chi connectivity index (χ0n) is 34.7. The molecule has 0 spiro atoms. The van der Waals surface area contributed by atoms with Crippen LogP contribution in [0.1, 0.15) is 0 Å². The minimum Gasteiger partial charge on any atom is -0.292 e. The third-order valence-corrected chi connectivity index (χ3v) is 12.9. The molecule has 0 radical (unpaired) electrons. The summed E-state index contributed by atoms with van der Waals surface area (Å²) in [5, 5.41) is 9.51. The van der Waals surface area contributed by atoms with Gasteiger partial charge in [-0.2, -0.15) is 0 Å². The molecular formula is C60H38N4. The molecule has 0 aliphatic heterocycles. The van der Waals surface area contributed by atoms with Gasteiger partial charge in [0.25, 0.3) is 0 Å². The van der Waals surface area contributed by atoms with Crippen molar-refractivity contribution in [3.8, 4) is 56.4 Å². The molecule has 4 nitrogen and oxygen atoms in total. The first-order chi connectivity index (χ1) is 31.7.